The van der Waals surface area contributed by atoms with Crippen LogP contribution < -0.4 is 16.1 Å². The molecule has 0 radical (unpaired) electrons. The lowest BCUT2D eigenvalue weighted by molar-refractivity contribution is 0.0695. The Labute approximate surface area is 161 Å². The standard InChI is InChI=1S/C20H23FN4O3/c1-11(8-22)12-3-2-6-24(9-12)19-16(21)7-14-17(26)15(20(27)28)10-25(13-4-5-13)18(14)23-19/h7,10,13H,2-6,8-9,22H2,1H3,(H,27,28)/b12-11+. The van der Waals surface area contributed by atoms with Crippen LogP contribution in [0.5, 0.6) is 0 Å². The molecule has 2 aromatic heterocycles. The zero-order chi connectivity index (χ0) is 20.0. The van der Waals surface area contributed by atoms with Crippen molar-refractivity contribution >= 4 is 22.8 Å². The molecule has 1 aliphatic heterocycles. The van der Waals surface area contributed by atoms with Gasteiger partial charge in [-0.25, -0.2) is 14.2 Å². The molecule has 28 heavy (non-hydrogen) atoms. The summed E-state index contributed by atoms with van der Waals surface area (Å²) in [6.07, 6.45) is 4.93. The SMILES string of the molecule is C/C(CN)=C1/CCCN(c2nc3c(cc2F)c(=O)c(C(=O)O)cn3C2CC2)C1. The molecule has 1 saturated heterocycles. The molecule has 4 rings (SSSR count). The largest absolute Gasteiger partial charge is 0.477 e. The fourth-order valence-corrected chi connectivity index (χ4v) is 3.79. The van der Waals surface area contributed by atoms with Crippen molar-refractivity contribution in [3.63, 3.8) is 0 Å². The first-order chi connectivity index (χ1) is 13.4. The number of carboxylic acids is 1. The molecule has 0 unspecified atom stereocenters. The lowest BCUT2D eigenvalue weighted by Crippen LogP contribution is -2.34. The van der Waals surface area contributed by atoms with E-state index in [4.69, 9.17) is 5.73 Å². The third-order valence-electron chi connectivity index (χ3n) is 5.61. The fourth-order valence-electron chi connectivity index (χ4n) is 3.79. The number of pyridine rings is 2. The van der Waals surface area contributed by atoms with Gasteiger partial charge in [0, 0.05) is 31.9 Å². The van der Waals surface area contributed by atoms with Crippen molar-refractivity contribution in [2.75, 3.05) is 24.5 Å². The van der Waals surface area contributed by atoms with E-state index >= 15 is 0 Å². The van der Waals surface area contributed by atoms with Crippen LogP contribution in [-0.2, 0) is 0 Å². The van der Waals surface area contributed by atoms with E-state index in [1.807, 2.05) is 11.8 Å². The molecule has 0 bridgehead atoms. The molecule has 8 heteroatoms. The number of hydrogen-bond acceptors (Lipinski definition) is 5. The quantitative estimate of drug-likeness (QED) is 0.783. The summed E-state index contributed by atoms with van der Waals surface area (Å²) in [5.74, 6) is -1.72. The summed E-state index contributed by atoms with van der Waals surface area (Å²) >= 11 is 0. The number of rotatable bonds is 4. The van der Waals surface area contributed by atoms with Gasteiger partial charge in [0.2, 0.25) is 5.43 Å². The summed E-state index contributed by atoms with van der Waals surface area (Å²) in [6.45, 7) is 3.67. The molecule has 3 N–H and O–H groups in total. The Hall–Kier alpha value is -2.74. The lowest BCUT2D eigenvalue weighted by Gasteiger charge is -2.31. The third kappa shape index (κ3) is 3.17. The monoisotopic (exact) mass is 386 g/mol. The molecule has 1 saturated carbocycles. The molecule has 2 fully saturated rings. The predicted octanol–water partition coefficient (Wildman–Crippen LogP) is 2.44. The fraction of sp³-hybridized carbons (Fsp3) is 0.450. The molecule has 2 aliphatic rings. The van der Waals surface area contributed by atoms with Crippen molar-refractivity contribution < 1.29 is 14.3 Å². The highest BCUT2D eigenvalue weighted by atomic mass is 19.1. The average Bonchev–Trinajstić information content (AvgIpc) is 3.52. The van der Waals surface area contributed by atoms with E-state index in [2.05, 4.69) is 4.98 Å². The van der Waals surface area contributed by atoms with Crippen molar-refractivity contribution in [1.82, 2.24) is 9.55 Å². The number of aromatic carboxylic acids is 1. The van der Waals surface area contributed by atoms with Gasteiger partial charge in [0.25, 0.3) is 0 Å². The van der Waals surface area contributed by atoms with Crippen molar-refractivity contribution in [2.24, 2.45) is 5.73 Å². The van der Waals surface area contributed by atoms with Crippen molar-refractivity contribution in [3.8, 4) is 0 Å². The van der Waals surface area contributed by atoms with Crippen LogP contribution in [-0.4, -0.2) is 40.3 Å². The Bertz CT molecular complexity index is 1060. The van der Waals surface area contributed by atoms with Gasteiger partial charge in [-0.3, -0.25) is 4.79 Å². The molecule has 0 amide bonds. The number of hydrogen-bond donors (Lipinski definition) is 2. The minimum absolute atomic E-state index is 0.0129. The number of fused-ring (bicyclic) bond motifs is 1. The van der Waals surface area contributed by atoms with Gasteiger partial charge < -0.3 is 20.3 Å². The minimum Gasteiger partial charge on any atom is -0.477 e. The summed E-state index contributed by atoms with van der Waals surface area (Å²) in [5.41, 5.74) is 7.35. The van der Waals surface area contributed by atoms with E-state index in [1.54, 1.807) is 4.57 Å². The van der Waals surface area contributed by atoms with Gasteiger partial charge >= 0.3 is 5.97 Å². The maximum Gasteiger partial charge on any atom is 0.341 e. The van der Waals surface area contributed by atoms with E-state index in [0.29, 0.717) is 25.3 Å². The zero-order valence-corrected chi connectivity index (χ0v) is 15.7. The van der Waals surface area contributed by atoms with Gasteiger partial charge in [0.05, 0.1) is 5.39 Å². The normalized spacial score (nSPS) is 19.2. The summed E-state index contributed by atoms with van der Waals surface area (Å²) < 4.78 is 16.7. The van der Waals surface area contributed by atoms with Crippen LogP contribution >= 0.6 is 0 Å². The maximum atomic E-state index is 14.9. The first-order valence-electron chi connectivity index (χ1n) is 9.52. The van der Waals surface area contributed by atoms with E-state index in [0.717, 1.165) is 37.3 Å². The molecule has 0 spiro atoms. The number of carbonyl (C=O) groups is 1. The Morgan fingerprint density at radius 2 is 2.18 bits per heavy atom. The average molecular weight is 386 g/mol. The highest BCUT2D eigenvalue weighted by molar-refractivity contribution is 5.92. The second kappa shape index (κ2) is 7.01. The van der Waals surface area contributed by atoms with Gasteiger partial charge in [-0.15, -0.1) is 0 Å². The Morgan fingerprint density at radius 1 is 1.43 bits per heavy atom. The predicted molar refractivity (Wildman–Crippen MR) is 104 cm³/mol. The number of piperidine rings is 1. The Morgan fingerprint density at radius 3 is 2.82 bits per heavy atom. The molecule has 0 atom stereocenters. The minimum atomic E-state index is -1.31. The second-order valence-corrected chi connectivity index (χ2v) is 7.59. The van der Waals surface area contributed by atoms with E-state index in [9.17, 15) is 19.1 Å². The lowest BCUT2D eigenvalue weighted by atomic mass is 9.99. The van der Waals surface area contributed by atoms with Crippen LogP contribution in [0, 0.1) is 5.82 Å². The molecule has 3 heterocycles. The number of anilines is 1. The van der Waals surface area contributed by atoms with E-state index in [1.165, 1.54) is 11.8 Å². The van der Waals surface area contributed by atoms with Crippen molar-refractivity contribution in [3.05, 3.63) is 45.0 Å². The summed E-state index contributed by atoms with van der Waals surface area (Å²) in [7, 11) is 0. The molecule has 2 aromatic rings. The highest BCUT2D eigenvalue weighted by Crippen LogP contribution is 2.37. The number of nitrogens with two attached hydrogens (primary N) is 1. The third-order valence-corrected chi connectivity index (χ3v) is 5.61. The van der Waals surface area contributed by atoms with Gasteiger partial charge in [-0.05, 0) is 38.7 Å². The van der Waals surface area contributed by atoms with Gasteiger partial charge in [0.1, 0.15) is 11.2 Å². The second-order valence-electron chi connectivity index (χ2n) is 7.59. The zero-order valence-electron chi connectivity index (χ0n) is 15.7. The van der Waals surface area contributed by atoms with Crippen LogP contribution in [0.25, 0.3) is 11.0 Å². The maximum absolute atomic E-state index is 14.9. The van der Waals surface area contributed by atoms with Crippen LogP contribution in [0.2, 0.25) is 0 Å². The summed E-state index contributed by atoms with van der Waals surface area (Å²) in [6, 6.07) is 1.24. The summed E-state index contributed by atoms with van der Waals surface area (Å²) in [5, 5.41) is 9.35. The molecule has 0 aromatic carbocycles. The Balaban J connectivity index is 1.86. The highest BCUT2D eigenvalue weighted by Gasteiger charge is 2.29. The molecular weight excluding hydrogens is 363 g/mol. The number of aromatic nitrogens is 2. The van der Waals surface area contributed by atoms with E-state index in [-0.39, 0.29) is 22.8 Å². The molecule has 1 aliphatic carbocycles. The van der Waals surface area contributed by atoms with Gasteiger partial charge in [-0.1, -0.05) is 11.1 Å². The Kier molecular flexibility index (Phi) is 4.66. The topological polar surface area (TPSA) is 101 Å². The molecule has 148 valence electrons. The first kappa shape index (κ1) is 18.6. The number of carboxylic acid groups (broad SMARTS) is 1. The summed E-state index contributed by atoms with van der Waals surface area (Å²) in [4.78, 5) is 30.4. The first-order valence-corrected chi connectivity index (χ1v) is 9.52. The van der Waals surface area contributed by atoms with Gasteiger partial charge in [-0.2, -0.15) is 0 Å². The van der Waals surface area contributed by atoms with Gasteiger partial charge in [0.15, 0.2) is 11.6 Å². The van der Waals surface area contributed by atoms with Crippen LogP contribution in [0.15, 0.2) is 28.2 Å². The number of halogens is 1. The molecule has 7 nitrogen and oxygen atoms in total. The smallest absolute Gasteiger partial charge is 0.341 e. The van der Waals surface area contributed by atoms with Crippen LogP contribution in [0.4, 0.5) is 10.2 Å². The van der Waals surface area contributed by atoms with E-state index < -0.39 is 17.2 Å². The number of nitrogens with zero attached hydrogens (tertiary/aromatic N) is 3. The van der Waals surface area contributed by atoms with Crippen molar-refractivity contribution in [1.29, 1.82) is 0 Å². The van der Waals surface area contributed by atoms with Crippen molar-refractivity contribution in [2.45, 2.75) is 38.6 Å². The van der Waals surface area contributed by atoms with Crippen LogP contribution in [0.1, 0.15) is 49.0 Å². The van der Waals surface area contributed by atoms with Crippen LogP contribution in [0.3, 0.4) is 0 Å². The molecular formula is C20H23FN4O3.